The standard InChI is InChI=1S/C22H17N3O5/c26-21(17-12-20(30-24-17)18-3-1-9-28-18)23-16-6-5-14-7-8-25(13-15(14)11-16)22(27)19-4-2-10-29-19/h1-6,9-12H,7-8,13H2,(H,23,26). The summed E-state index contributed by atoms with van der Waals surface area (Å²) in [5.41, 5.74) is 2.90. The van der Waals surface area contributed by atoms with Gasteiger partial charge in [-0.25, -0.2) is 0 Å². The second-order valence-corrected chi connectivity index (χ2v) is 6.95. The number of benzene rings is 1. The zero-order chi connectivity index (χ0) is 20.5. The Morgan fingerprint density at radius 2 is 1.83 bits per heavy atom. The minimum absolute atomic E-state index is 0.145. The third-order valence-corrected chi connectivity index (χ3v) is 5.00. The Morgan fingerprint density at radius 1 is 0.967 bits per heavy atom. The van der Waals surface area contributed by atoms with Crippen LogP contribution in [0.25, 0.3) is 11.5 Å². The number of furan rings is 2. The van der Waals surface area contributed by atoms with Gasteiger partial charge in [0.15, 0.2) is 17.2 Å². The fourth-order valence-electron chi connectivity index (χ4n) is 3.48. The van der Waals surface area contributed by atoms with Crippen LogP contribution in [-0.4, -0.2) is 28.4 Å². The molecule has 3 aromatic heterocycles. The molecule has 8 nitrogen and oxygen atoms in total. The SMILES string of the molecule is O=C(Nc1ccc2c(c1)CN(C(=O)c1ccco1)CC2)c1cc(-c2ccco2)on1. The van der Waals surface area contributed by atoms with E-state index in [9.17, 15) is 9.59 Å². The molecule has 0 atom stereocenters. The molecule has 150 valence electrons. The van der Waals surface area contributed by atoms with Gasteiger partial charge in [-0.05, 0) is 53.9 Å². The van der Waals surface area contributed by atoms with Gasteiger partial charge in [0, 0.05) is 24.8 Å². The molecule has 4 aromatic rings. The van der Waals surface area contributed by atoms with E-state index in [0.717, 1.165) is 17.5 Å². The minimum atomic E-state index is -0.393. The van der Waals surface area contributed by atoms with Crippen molar-refractivity contribution in [2.24, 2.45) is 0 Å². The van der Waals surface area contributed by atoms with Crippen molar-refractivity contribution in [2.45, 2.75) is 13.0 Å². The fourth-order valence-corrected chi connectivity index (χ4v) is 3.48. The number of fused-ring (bicyclic) bond motifs is 1. The molecule has 0 radical (unpaired) electrons. The maximum atomic E-state index is 12.6. The van der Waals surface area contributed by atoms with Crippen molar-refractivity contribution < 1.29 is 22.9 Å². The Kier molecular flexibility index (Phi) is 4.44. The quantitative estimate of drug-likeness (QED) is 0.553. The number of hydrogen-bond donors (Lipinski definition) is 1. The van der Waals surface area contributed by atoms with Gasteiger partial charge in [-0.3, -0.25) is 9.59 Å². The van der Waals surface area contributed by atoms with Crippen molar-refractivity contribution in [2.75, 3.05) is 11.9 Å². The molecule has 1 N–H and O–H groups in total. The van der Waals surface area contributed by atoms with Gasteiger partial charge in [0.25, 0.3) is 11.8 Å². The van der Waals surface area contributed by atoms with E-state index in [1.807, 2.05) is 18.2 Å². The van der Waals surface area contributed by atoms with E-state index in [-0.39, 0.29) is 11.6 Å². The van der Waals surface area contributed by atoms with Crippen LogP contribution in [0.4, 0.5) is 5.69 Å². The third-order valence-electron chi connectivity index (χ3n) is 5.00. The van der Waals surface area contributed by atoms with Crippen LogP contribution in [0.2, 0.25) is 0 Å². The van der Waals surface area contributed by atoms with Gasteiger partial charge >= 0.3 is 0 Å². The number of aromatic nitrogens is 1. The second-order valence-electron chi connectivity index (χ2n) is 6.95. The van der Waals surface area contributed by atoms with Crippen LogP contribution < -0.4 is 5.32 Å². The third kappa shape index (κ3) is 3.39. The first-order chi connectivity index (χ1) is 14.7. The Morgan fingerprint density at radius 3 is 2.63 bits per heavy atom. The maximum absolute atomic E-state index is 12.6. The predicted octanol–water partition coefficient (Wildman–Crippen LogP) is 3.98. The summed E-state index contributed by atoms with van der Waals surface area (Å²) in [6.45, 7) is 1.07. The van der Waals surface area contributed by atoms with Gasteiger partial charge in [0.05, 0.1) is 12.5 Å². The molecule has 1 aromatic carbocycles. The van der Waals surface area contributed by atoms with Gasteiger partial charge in [-0.1, -0.05) is 11.2 Å². The zero-order valence-electron chi connectivity index (χ0n) is 15.8. The van der Waals surface area contributed by atoms with Crippen molar-refractivity contribution >= 4 is 17.5 Å². The maximum Gasteiger partial charge on any atom is 0.289 e. The normalized spacial score (nSPS) is 13.1. The molecule has 1 aliphatic rings. The summed E-state index contributed by atoms with van der Waals surface area (Å²) in [7, 11) is 0. The first-order valence-corrected chi connectivity index (χ1v) is 9.44. The number of nitrogens with zero attached hydrogens (tertiary/aromatic N) is 2. The average molecular weight is 403 g/mol. The Balaban J connectivity index is 1.30. The highest BCUT2D eigenvalue weighted by Crippen LogP contribution is 2.25. The summed E-state index contributed by atoms with van der Waals surface area (Å²) < 4.78 is 15.6. The molecule has 0 saturated heterocycles. The highest BCUT2D eigenvalue weighted by molar-refractivity contribution is 6.03. The lowest BCUT2D eigenvalue weighted by Gasteiger charge is -2.28. The fraction of sp³-hybridized carbons (Fsp3) is 0.136. The molecular weight excluding hydrogens is 386 g/mol. The van der Waals surface area contributed by atoms with Crippen molar-refractivity contribution in [1.82, 2.24) is 10.1 Å². The highest BCUT2D eigenvalue weighted by atomic mass is 16.5. The number of carbonyl (C=O) groups is 2. The van der Waals surface area contributed by atoms with Crippen molar-refractivity contribution in [1.29, 1.82) is 0 Å². The number of anilines is 1. The van der Waals surface area contributed by atoms with Crippen LogP contribution in [0.1, 0.15) is 32.2 Å². The number of hydrogen-bond acceptors (Lipinski definition) is 6. The lowest BCUT2D eigenvalue weighted by Crippen LogP contribution is -2.35. The minimum Gasteiger partial charge on any atom is -0.461 e. The second kappa shape index (κ2) is 7.40. The van der Waals surface area contributed by atoms with Crippen molar-refractivity contribution in [3.63, 3.8) is 0 Å². The van der Waals surface area contributed by atoms with E-state index < -0.39 is 5.91 Å². The monoisotopic (exact) mass is 403 g/mol. The molecule has 0 bridgehead atoms. The Labute approximate surface area is 171 Å². The van der Waals surface area contributed by atoms with Gasteiger partial charge in [-0.2, -0.15) is 0 Å². The van der Waals surface area contributed by atoms with Gasteiger partial charge in [0.1, 0.15) is 0 Å². The van der Waals surface area contributed by atoms with Crippen LogP contribution in [0.15, 0.2) is 74.4 Å². The van der Waals surface area contributed by atoms with E-state index in [2.05, 4.69) is 10.5 Å². The molecule has 0 aliphatic carbocycles. The zero-order valence-corrected chi connectivity index (χ0v) is 15.8. The first kappa shape index (κ1) is 18.0. The number of amides is 2. The average Bonchev–Trinajstić information content (AvgIpc) is 3.54. The lowest BCUT2D eigenvalue weighted by molar-refractivity contribution is 0.0702. The molecule has 0 fully saturated rings. The Hall–Kier alpha value is -4.07. The smallest absolute Gasteiger partial charge is 0.289 e. The van der Waals surface area contributed by atoms with Gasteiger partial charge < -0.3 is 23.6 Å². The summed E-state index contributed by atoms with van der Waals surface area (Å²) in [5.74, 6) is 0.657. The molecular formula is C22H17N3O5. The first-order valence-electron chi connectivity index (χ1n) is 9.44. The van der Waals surface area contributed by atoms with E-state index >= 15 is 0 Å². The summed E-state index contributed by atoms with van der Waals surface area (Å²) in [6, 6.07) is 14.0. The Bertz CT molecular complexity index is 1190. The van der Waals surface area contributed by atoms with Crippen LogP contribution in [0, 0.1) is 0 Å². The summed E-state index contributed by atoms with van der Waals surface area (Å²) in [5, 5.41) is 6.63. The van der Waals surface area contributed by atoms with E-state index in [1.54, 1.807) is 29.2 Å². The molecule has 0 saturated carbocycles. The molecule has 0 spiro atoms. The van der Waals surface area contributed by atoms with Gasteiger partial charge in [0.2, 0.25) is 5.76 Å². The highest BCUT2D eigenvalue weighted by Gasteiger charge is 2.24. The molecule has 30 heavy (non-hydrogen) atoms. The molecule has 0 unspecified atom stereocenters. The van der Waals surface area contributed by atoms with Crippen LogP contribution in [0.3, 0.4) is 0 Å². The number of nitrogens with one attached hydrogen (secondary N) is 1. The summed E-state index contributed by atoms with van der Waals surface area (Å²) >= 11 is 0. The van der Waals surface area contributed by atoms with Gasteiger partial charge in [-0.15, -0.1) is 0 Å². The van der Waals surface area contributed by atoms with E-state index in [0.29, 0.717) is 36.1 Å². The van der Waals surface area contributed by atoms with Crippen LogP contribution >= 0.6 is 0 Å². The molecule has 4 heterocycles. The number of carbonyl (C=O) groups excluding carboxylic acids is 2. The van der Waals surface area contributed by atoms with E-state index in [4.69, 9.17) is 13.4 Å². The summed E-state index contributed by atoms with van der Waals surface area (Å²) in [4.78, 5) is 26.8. The topological polar surface area (TPSA) is 102 Å². The van der Waals surface area contributed by atoms with E-state index in [1.165, 1.54) is 18.6 Å². The number of rotatable bonds is 4. The van der Waals surface area contributed by atoms with Crippen molar-refractivity contribution in [3.05, 3.63) is 83.6 Å². The lowest BCUT2D eigenvalue weighted by atomic mass is 9.98. The molecule has 1 aliphatic heterocycles. The van der Waals surface area contributed by atoms with Crippen LogP contribution in [-0.2, 0) is 13.0 Å². The predicted molar refractivity (Wildman–Crippen MR) is 106 cm³/mol. The van der Waals surface area contributed by atoms with Crippen LogP contribution in [0.5, 0.6) is 0 Å². The molecule has 5 rings (SSSR count). The molecule has 8 heteroatoms. The summed E-state index contributed by atoms with van der Waals surface area (Å²) in [6.07, 6.45) is 3.75. The molecule has 2 amide bonds. The van der Waals surface area contributed by atoms with Crippen molar-refractivity contribution in [3.8, 4) is 11.5 Å². The largest absolute Gasteiger partial charge is 0.461 e.